The number of benzene rings is 2. The van der Waals surface area contributed by atoms with Gasteiger partial charge in [-0.3, -0.25) is 4.72 Å². The average molecular weight is 374 g/mol. The van der Waals surface area contributed by atoms with E-state index in [0.29, 0.717) is 15.8 Å². The Kier molecular flexibility index (Phi) is 4.53. The van der Waals surface area contributed by atoms with E-state index in [1.54, 1.807) is 19.1 Å². The van der Waals surface area contributed by atoms with Gasteiger partial charge < -0.3 is 4.74 Å². The van der Waals surface area contributed by atoms with Gasteiger partial charge in [0.05, 0.1) is 17.7 Å². The van der Waals surface area contributed by atoms with Crippen LogP contribution in [0.4, 0.5) is 10.1 Å². The molecule has 1 N–H and O–H groups in total. The Morgan fingerprint density at radius 1 is 1.19 bits per heavy atom. The number of aryl methyl sites for hydroxylation is 1. The van der Waals surface area contributed by atoms with Crippen LogP contribution in [0.3, 0.4) is 0 Å². The standard InChI is InChI=1S/C14H13BrFNO3S/c1-9-7-11(20-2)4-6-14(9)21(18,19)17-13-5-3-10(16)8-12(13)15/h3-8,17H,1-2H3. The third-order valence-corrected chi connectivity index (χ3v) is 5.03. The topological polar surface area (TPSA) is 55.4 Å². The van der Waals surface area contributed by atoms with Crippen LogP contribution in [0.15, 0.2) is 45.8 Å². The fourth-order valence-corrected chi connectivity index (χ4v) is 3.71. The van der Waals surface area contributed by atoms with Gasteiger partial charge in [0.1, 0.15) is 11.6 Å². The summed E-state index contributed by atoms with van der Waals surface area (Å²) in [6.07, 6.45) is 0. The summed E-state index contributed by atoms with van der Waals surface area (Å²) in [6, 6.07) is 8.40. The second kappa shape index (κ2) is 6.03. The first-order valence-corrected chi connectivity index (χ1v) is 8.23. The van der Waals surface area contributed by atoms with E-state index < -0.39 is 15.8 Å². The molecule has 2 rings (SSSR count). The molecular formula is C14H13BrFNO3S. The van der Waals surface area contributed by atoms with Crippen LogP contribution < -0.4 is 9.46 Å². The Bertz CT molecular complexity index is 778. The van der Waals surface area contributed by atoms with Gasteiger partial charge in [-0.2, -0.15) is 0 Å². The van der Waals surface area contributed by atoms with Gasteiger partial charge in [0, 0.05) is 4.47 Å². The van der Waals surface area contributed by atoms with Gasteiger partial charge in [-0.25, -0.2) is 12.8 Å². The van der Waals surface area contributed by atoms with Crippen molar-refractivity contribution in [2.24, 2.45) is 0 Å². The lowest BCUT2D eigenvalue weighted by atomic mass is 10.2. The summed E-state index contributed by atoms with van der Waals surface area (Å²) in [5, 5.41) is 0. The summed E-state index contributed by atoms with van der Waals surface area (Å²) in [4.78, 5) is 0.138. The van der Waals surface area contributed by atoms with Gasteiger partial charge in [0.2, 0.25) is 0 Å². The number of anilines is 1. The highest BCUT2D eigenvalue weighted by Gasteiger charge is 2.18. The summed E-state index contributed by atoms with van der Waals surface area (Å²) in [5.74, 6) is 0.125. The van der Waals surface area contributed by atoms with Crippen molar-refractivity contribution in [1.82, 2.24) is 0 Å². The van der Waals surface area contributed by atoms with Gasteiger partial charge in [-0.15, -0.1) is 0 Å². The van der Waals surface area contributed by atoms with E-state index in [-0.39, 0.29) is 10.6 Å². The number of nitrogens with one attached hydrogen (secondary N) is 1. The van der Waals surface area contributed by atoms with Crippen LogP contribution in [0.25, 0.3) is 0 Å². The quantitative estimate of drug-likeness (QED) is 0.888. The molecule has 0 fully saturated rings. The maximum absolute atomic E-state index is 13.0. The van der Waals surface area contributed by atoms with Gasteiger partial charge in [0.25, 0.3) is 10.0 Å². The molecule has 4 nitrogen and oxygen atoms in total. The number of sulfonamides is 1. The number of hydrogen-bond acceptors (Lipinski definition) is 3. The third-order valence-electron chi connectivity index (χ3n) is 2.85. The number of rotatable bonds is 4. The molecule has 21 heavy (non-hydrogen) atoms. The summed E-state index contributed by atoms with van der Waals surface area (Å²) in [6.45, 7) is 1.68. The first-order chi connectivity index (χ1) is 9.83. The Morgan fingerprint density at radius 2 is 1.90 bits per heavy atom. The van der Waals surface area contributed by atoms with Crippen LogP contribution in [0.5, 0.6) is 5.75 Å². The van der Waals surface area contributed by atoms with E-state index in [0.717, 1.165) is 0 Å². The SMILES string of the molecule is COc1ccc(S(=O)(=O)Nc2ccc(F)cc2Br)c(C)c1. The third kappa shape index (κ3) is 3.54. The molecule has 0 saturated heterocycles. The van der Waals surface area contributed by atoms with E-state index in [1.807, 2.05) is 0 Å². The molecule has 0 aliphatic heterocycles. The minimum absolute atomic E-state index is 0.138. The van der Waals surface area contributed by atoms with E-state index in [9.17, 15) is 12.8 Å². The molecule has 0 amide bonds. The fourth-order valence-electron chi connectivity index (χ4n) is 1.82. The van der Waals surface area contributed by atoms with Gasteiger partial charge in [-0.05, 0) is 64.8 Å². The zero-order valence-electron chi connectivity index (χ0n) is 11.4. The highest BCUT2D eigenvalue weighted by Crippen LogP contribution is 2.27. The van der Waals surface area contributed by atoms with Crippen molar-refractivity contribution >= 4 is 31.6 Å². The average Bonchev–Trinajstić information content (AvgIpc) is 2.41. The summed E-state index contributed by atoms with van der Waals surface area (Å²) in [7, 11) is -2.25. The molecule has 0 radical (unpaired) electrons. The molecule has 112 valence electrons. The molecule has 0 aliphatic carbocycles. The monoisotopic (exact) mass is 373 g/mol. The number of methoxy groups -OCH3 is 1. The maximum atomic E-state index is 13.0. The lowest BCUT2D eigenvalue weighted by Gasteiger charge is -2.12. The highest BCUT2D eigenvalue weighted by atomic mass is 79.9. The Morgan fingerprint density at radius 3 is 2.48 bits per heavy atom. The van der Waals surface area contributed by atoms with Crippen LogP contribution in [-0.4, -0.2) is 15.5 Å². The zero-order valence-corrected chi connectivity index (χ0v) is 13.8. The van der Waals surface area contributed by atoms with Crippen molar-refractivity contribution in [3.05, 3.63) is 52.3 Å². The van der Waals surface area contributed by atoms with Crippen molar-refractivity contribution < 1.29 is 17.5 Å². The lowest BCUT2D eigenvalue weighted by molar-refractivity contribution is 0.414. The molecular weight excluding hydrogens is 361 g/mol. The Balaban J connectivity index is 2.38. The molecule has 7 heteroatoms. The normalized spacial score (nSPS) is 11.2. The van der Waals surface area contributed by atoms with Gasteiger partial charge >= 0.3 is 0 Å². The predicted octanol–water partition coefficient (Wildman–Crippen LogP) is 3.71. The molecule has 0 heterocycles. The summed E-state index contributed by atoms with van der Waals surface area (Å²) < 4.78 is 45.6. The second-order valence-electron chi connectivity index (χ2n) is 4.36. The first kappa shape index (κ1) is 15.8. The van der Waals surface area contributed by atoms with Crippen molar-refractivity contribution in [2.45, 2.75) is 11.8 Å². The van der Waals surface area contributed by atoms with E-state index in [4.69, 9.17) is 4.74 Å². The Hall–Kier alpha value is -1.60. The number of hydrogen-bond donors (Lipinski definition) is 1. The smallest absolute Gasteiger partial charge is 0.262 e. The predicted molar refractivity (Wildman–Crippen MR) is 82.6 cm³/mol. The van der Waals surface area contributed by atoms with Gasteiger partial charge in [-0.1, -0.05) is 0 Å². The maximum Gasteiger partial charge on any atom is 0.262 e. The van der Waals surface area contributed by atoms with Crippen molar-refractivity contribution in [1.29, 1.82) is 0 Å². The molecule has 0 spiro atoms. The van der Waals surface area contributed by atoms with E-state index in [1.165, 1.54) is 31.4 Å². The molecule has 0 aromatic heterocycles. The first-order valence-electron chi connectivity index (χ1n) is 5.96. The highest BCUT2D eigenvalue weighted by molar-refractivity contribution is 9.10. The van der Waals surface area contributed by atoms with Crippen LogP contribution in [0.2, 0.25) is 0 Å². The number of ether oxygens (including phenoxy) is 1. The fraction of sp³-hybridized carbons (Fsp3) is 0.143. The van der Waals surface area contributed by atoms with Crippen molar-refractivity contribution in [3.63, 3.8) is 0 Å². The molecule has 2 aromatic rings. The molecule has 0 aliphatic rings. The molecule has 2 aromatic carbocycles. The van der Waals surface area contributed by atoms with E-state index in [2.05, 4.69) is 20.7 Å². The molecule has 0 atom stereocenters. The van der Waals surface area contributed by atoms with Crippen LogP contribution in [0.1, 0.15) is 5.56 Å². The summed E-state index contributed by atoms with van der Waals surface area (Å²) in [5.41, 5.74) is 0.826. The minimum atomic E-state index is -3.76. The largest absolute Gasteiger partial charge is 0.497 e. The minimum Gasteiger partial charge on any atom is -0.497 e. The van der Waals surface area contributed by atoms with Crippen molar-refractivity contribution in [3.8, 4) is 5.75 Å². The summed E-state index contributed by atoms with van der Waals surface area (Å²) >= 11 is 3.13. The van der Waals surface area contributed by atoms with Gasteiger partial charge in [0.15, 0.2) is 0 Å². The van der Waals surface area contributed by atoms with Crippen LogP contribution >= 0.6 is 15.9 Å². The van der Waals surface area contributed by atoms with Crippen LogP contribution in [-0.2, 0) is 10.0 Å². The van der Waals surface area contributed by atoms with Crippen LogP contribution in [0, 0.1) is 12.7 Å². The molecule has 0 unspecified atom stereocenters. The lowest BCUT2D eigenvalue weighted by Crippen LogP contribution is -2.14. The molecule has 0 saturated carbocycles. The Labute approximate surface area is 131 Å². The zero-order chi connectivity index (χ0) is 15.6. The second-order valence-corrected chi connectivity index (χ2v) is 6.87. The molecule has 0 bridgehead atoms. The number of halogens is 2. The van der Waals surface area contributed by atoms with Crippen molar-refractivity contribution in [2.75, 3.05) is 11.8 Å². The van der Waals surface area contributed by atoms with E-state index >= 15 is 0 Å².